The molecule has 1 fully saturated rings. The Morgan fingerprint density at radius 2 is 2.44 bits per heavy atom. The Kier molecular flexibility index (Phi) is 6.37. The van der Waals surface area contributed by atoms with E-state index >= 15 is 0 Å². The van der Waals surface area contributed by atoms with Crippen LogP contribution < -0.4 is 10.6 Å². The summed E-state index contributed by atoms with van der Waals surface area (Å²) in [6.45, 7) is 4.36. The zero-order chi connectivity index (χ0) is 11.8. The third kappa shape index (κ3) is 5.44. The van der Waals surface area contributed by atoms with Crippen LogP contribution in [0.3, 0.4) is 0 Å². The number of hydrogen-bond acceptors (Lipinski definition) is 4. The van der Waals surface area contributed by atoms with Crippen molar-refractivity contribution in [1.82, 2.24) is 10.6 Å². The average Bonchev–Trinajstić information content (AvgIpc) is 2.28. The van der Waals surface area contributed by atoms with Gasteiger partial charge < -0.3 is 20.1 Å². The molecule has 0 spiro atoms. The topological polar surface area (TPSA) is 59.6 Å². The van der Waals surface area contributed by atoms with Crippen LogP contribution >= 0.6 is 0 Å². The minimum absolute atomic E-state index is 0.00937. The van der Waals surface area contributed by atoms with E-state index in [2.05, 4.69) is 10.6 Å². The van der Waals surface area contributed by atoms with Gasteiger partial charge in [-0.25, -0.2) is 0 Å². The van der Waals surface area contributed by atoms with Gasteiger partial charge in [0.15, 0.2) is 0 Å². The second kappa shape index (κ2) is 7.60. The molecule has 5 heteroatoms. The molecule has 0 radical (unpaired) electrons. The van der Waals surface area contributed by atoms with Gasteiger partial charge in [0, 0.05) is 25.8 Å². The Morgan fingerprint density at radius 3 is 3.06 bits per heavy atom. The summed E-state index contributed by atoms with van der Waals surface area (Å²) in [4.78, 5) is 11.5. The molecule has 1 aliphatic rings. The fourth-order valence-electron chi connectivity index (χ4n) is 1.76. The SMILES string of the molecule is COCC(C)NC(=O)CNC1CCCOC1. The lowest BCUT2D eigenvalue weighted by Crippen LogP contribution is -2.45. The molecule has 1 saturated heterocycles. The second-order valence-electron chi connectivity index (χ2n) is 4.22. The normalized spacial score (nSPS) is 22.8. The third-order valence-electron chi connectivity index (χ3n) is 2.54. The first-order valence-corrected chi connectivity index (χ1v) is 5.81. The van der Waals surface area contributed by atoms with Crippen molar-refractivity contribution >= 4 is 5.91 Å². The van der Waals surface area contributed by atoms with Gasteiger partial charge in [-0.1, -0.05) is 0 Å². The van der Waals surface area contributed by atoms with Crippen molar-refractivity contribution < 1.29 is 14.3 Å². The highest BCUT2D eigenvalue weighted by molar-refractivity contribution is 5.78. The van der Waals surface area contributed by atoms with Gasteiger partial charge in [0.25, 0.3) is 0 Å². The van der Waals surface area contributed by atoms with Gasteiger partial charge in [-0.2, -0.15) is 0 Å². The minimum atomic E-state index is 0.00937. The summed E-state index contributed by atoms with van der Waals surface area (Å²) in [5, 5.41) is 6.04. The fraction of sp³-hybridized carbons (Fsp3) is 0.909. The summed E-state index contributed by atoms with van der Waals surface area (Å²) in [6.07, 6.45) is 2.15. The quantitative estimate of drug-likeness (QED) is 0.669. The lowest BCUT2D eigenvalue weighted by molar-refractivity contribution is -0.121. The molecule has 1 rings (SSSR count). The standard InChI is InChI=1S/C11H22N2O3/c1-9(7-15-2)13-11(14)6-12-10-4-3-5-16-8-10/h9-10,12H,3-8H2,1-2H3,(H,13,14). The molecule has 2 unspecified atom stereocenters. The zero-order valence-corrected chi connectivity index (χ0v) is 10.1. The zero-order valence-electron chi connectivity index (χ0n) is 10.1. The Balaban J connectivity index is 2.09. The number of carbonyl (C=O) groups excluding carboxylic acids is 1. The van der Waals surface area contributed by atoms with Gasteiger partial charge in [-0.05, 0) is 19.8 Å². The first-order chi connectivity index (χ1) is 7.72. The summed E-state index contributed by atoms with van der Waals surface area (Å²) in [5.41, 5.74) is 0. The maximum Gasteiger partial charge on any atom is 0.234 e. The largest absolute Gasteiger partial charge is 0.383 e. The predicted octanol–water partition coefficient (Wildman–Crippen LogP) is -0.0939. The van der Waals surface area contributed by atoms with E-state index in [4.69, 9.17) is 9.47 Å². The smallest absolute Gasteiger partial charge is 0.234 e. The van der Waals surface area contributed by atoms with Gasteiger partial charge in [0.1, 0.15) is 0 Å². The molecule has 16 heavy (non-hydrogen) atoms. The summed E-state index contributed by atoms with van der Waals surface area (Å²) in [7, 11) is 1.63. The summed E-state index contributed by atoms with van der Waals surface area (Å²) < 4.78 is 10.3. The molecule has 94 valence electrons. The Bertz CT molecular complexity index is 205. The third-order valence-corrected chi connectivity index (χ3v) is 2.54. The van der Waals surface area contributed by atoms with Crippen LogP contribution in [-0.4, -0.2) is 51.5 Å². The predicted molar refractivity (Wildman–Crippen MR) is 61.3 cm³/mol. The van der Waals surface area contributed by atoms with Crippen LogP contribution in [0.5, 0.6) is 0 Å². The molecule has 1 amide bonds. The molecule has 0 saturated carbocycles. The first-order valence-electron chi connectivity index (χ1n) is 5.81. The summed E-state index contributed by atoms with van der Waals surface area (Å²) in [6, 6.07) is 0.374. The van der Waals surface area contributed by atoms with E-state index in [0.717, 1.165) is 19.4 Å². The van der Waals surface area contributed by atoms with Crippen LogP contribution in [0.4, 0.5) is 0 Å². The Morgan fingerprint density at radius 1 is 1.62 bits per heavy atom. The maximum atomic E-state index is 11.5. The number of amides is 1. The van der Waals surface area contributed by atoms with Crippen LogP contribution in [0.2, 0.25) is 0 Å². The van der Waals surface area contributed by atoms with Crippen molar-refractivity contribution in [2.24, 2.45) is 0 Å². The molecule has 0 aromatic heterocycles. The molecule has 0 aromatic rings. The second-order valence-corrected chi connectivity index (χ2v) is 4.22. The van der Waals surface area contributed by atoms with E-state index in [0.29, 0.717) is 25.8 Å². The van der Waals surface area contributed by atoms with Gasteiger partial charge in [-0.3, -0.25) is 4.79 Å². The number of rotatable bonds is 6. The monoisotopic (exact) mass is 230 g/mol. The number of methoxy groups -OCH3 is 1. The summed E-state index contributed by atoms with van der Waals surface area (Å²) in [5.74, 6) is 0.00937. The molecule has 0 bridgehead atoms. The van der Waals surface area contributed by atoms with Gasteiger partial charge >= 0.3 is 0 Å². The van der Waals surface area contributed by atoms with E-state index in [-0.39, 0.29) is 11.9 Å². The number of hydrogen-bond donors (Lipinski definition) is 2. The lowest BCUT2D eigenvalue weighted by Gasteiger charge is -2.23. The molecular weight excluding hydrogens is 208 g/mol. The van der Waals surface area contributed by atoms with Crippen molar-refractivity contribution in [3.8, 4) is 0 Å². The van der Waals surface area contributed by atoms with Crippen molar-refractivity contribution in [2.45, 2.75) is 31.8 Å². The Labute approximate surface area is 96.9 Å². The Hall–Kier alpha value is -0.650. The van der Waals surface area contributed by atoms with E-state index in [1.165, 1.54) is 0 Å². The van der Waals surface area contributed by atoms with Crippen LogP contribution in [0.15, 0.2) is 0 Å². The lowest BCUT2D eigenvalue weighted by atomic mass is 10.1. The highest BCUT2D eigenvalue weighted by Crippen LogP contribution is 2.04. The molecule has 0 aliphatic carbocycles. The van der Waals surface area contributed by atoms with Crippen molar-refractivity contribution in [3.05, 3.63) is 0 Å². The van der Waals surface area contributed by atoms with Crippen molar-refractivity contribution in [1.29, 1.82) is 0 Å². The molecule has 1 heterocycles. The van der Waals surface area contributed by atoms with E-state index in [9.17, 15) is 4.79 Å². The van der Waals surface area contributed by atoms with E-state index in [1.807, 2.05) is 6.92 Å². The molecule has 2 atom stereocenters. The van der Waals surface area contributed by atoms with Crippen LogP contribution in [0, 0.1) is 0 Å². The maximum absolute atomic E-state index is 11.5. The average molecular weight is 230 g/mol. The van der Waals surface area contributed by atoms with Crippen LogP contribution in [0.25, 0.3) is 0 Å². The van der Waals surface area contributed by atoms with Crippen molar-refractivity contribution in [2.75, 3.05) is 33.5 Å². The van der Waals surface area contributed by atoms with E-state index in [1.54, 1.807) is 7.11 Å². The minimum Gasteiger partial charge on any atom is -0.383 e. The highest BCUT2D eigenvalue weighted by atomic mass is 16.5. The first kappa shape index (κ1) is 13.4. The highest BCUT2D eigenvalue weighted by Gasteiger charge is 2.14. The van der Waals surface area contributed by atoms with Gasteiger partial charge in [0.05, 0.1) is 19.8 Å². The number of nitrogens with one attached hydrogen (secondary N) is 2. The molecule has 5 nitrogen and oxygen atoms in total. The number of ether oxygens (including phenoxy) is 2. The van der Waals surface area contributed by atoms with Crippen molar-refractivity contribution in [3.63, 3.8) is 0 Å². The molecule has 2 N–H and O–H groups in total. The van der Waals surface area contributed by atoms with Gasteiger partial charge in [0.2, 0.25) is 5.91 Å². The molecule has 0 aromatic carbocycles. The number of carbonyl (C=O) groups is 1. The van der Waals surface area contributed by atoms with Gasteiger partial charge in [-0.15, -0.1) is 0 Å². The molecular formula is C11H22N2O3. The van der Waals surface area contributed by atoms with Crippen LogP contribution in [0.1, 0.15) is 19.8 Å². The van der Waals surface area contributed by atoms with Crippen LogP contribution in [-0.2, 0) is 14.3 Å². The summed E-state index contributed by atoms with van der Waals surface area (Å²) >= 11 is 0. The fourth-order valence-corrected chi connectivity index (χ4v) is 1.76. The molecule has 1 aliphatic heterocycles. The van der Waals surface area contributed by atoms with E-state index < -0.39 is 0 Å².